The van der Waals surface area contributed by atoms with Gasteiger partial charge in [0, 0.05) is 6.54 Å². The topological polar surface area (TPSA) is 21.3 Å². The van der Waals surface area contributed by atoms with Crippen LogP contribution in [0.2, 0.25) is 0 Å². The zero-order chi connectivity index (χ0) is 11.2. The first-order valence-corrected chi connectivity index (χ1v) is 6.27. The lowest BCUT2D eigenvalue weighted by Gasteiger charge is -2.11. The smallest absolute Gasteiger partial charge is 0.119 e. The molecule has 0 radical (unpaired) electrons. The molecular weight excluding hydrogens is 198 g/mol. The van der Waals surface area contributed by atoms with E-state index in [1.165, 1.54) is 31.2 Å². The van der Waals surface area contributed by atoms with Crippen molar-refractivity contribution in [1.29, 1.82) is 0 Å². The van der Waals surface area contributed by atoms with Crippen LogP contribution in [0.4, 0.5) is 0 Å². The molecule has 0 aliphatic heterocycles. The summed E-state index contributed by atoms with van der Waals surface area (Å²) in [6.45, 7) is 1.63. The Balaban J connectivity index is 1.88. The number of rotatable bonds is 5. The van der Waals surface area contributed by atoms with Gasteiger partial charge in [-0.2, -0.15) is 0 Å². The van der Waals surface area contributed by atoms with Gasteiger partial charge in [-0.3, -0.25) is 0 Å². The number of hydrogen-bond acceptors (Lipinski definition) is 2. The number of likely N-dealkylation sites (N-methyl/N-ethyl adjacent to an activating group) is 1. The van der Waals surface area contributed by atoms with E-state index in [1.807, 2.05) is 7.05 Å². The maximum absolute atomic E-state index is 5.60. The summed E-state index contributed by atoms with van der Waals surface area (Å²) in [4.78, 5) is 0. The molecule has 0 bridgehead atoms. The SMILES string of the molecule is CNCCOc1ccc(C2CCCC2)cc1. The summed E-state index contributed by atoms with van der Waals surface area (Å²) in [6, 6.07) is 8.65. The second-order valence-electron chi connectivity index (χ2n) is 4.50. The van der Waals surface area contributed by atoms with Crippen LogP contribution in [0.1, 0.15) is 37.2 Å². The zero-order valence-electron chi connectivity index (χ0n) is 10.0. The fraction of sp³-hybridized carbons (Fsp3) is 0.571. The summed E-state index contributed by atoms with van der Waals surface area (Å²) >= 11 is 0. The fourth-order valence-electron chi connectivity index (χ4n) is 2.37. The predicted octanol–water partition coefficient (Wildman–Crippen LogP) is 2.94. The molecular formula is C14H21NO. The van der Waals surface area contributed by atoms with Gasteiger partial charge in [0.25, 0.3) is 0 Å². The van der Waals surface area contributed by atoms with Crippen LogP contribution in [-0.4, -0.2) is 20.2 Å². The first-order chi connectivity index (χ1) is 7.90. The molecule has 0 heterocycles. The van der Waals surface area contributed by atoms with Gasteiger partial charge in [-0.25, -0.2) is 0 Å². The highest BCUT2D eigenvalue weighted by Gasteiger charge is 2.16. The summed E-state index contributed by atoms with van der Waals surface area (Å²) in [5.41, 5.74) is 1.48. The van der Waals surface area contributed by atoms with E-state index in [0.29, 0.717) is 0 Å². The fourth-order valence-corrected chi connectivity index (χ4v) is 2.37. The molecule has 0 unspecified atom stereocenters. The lowest BCUT2D eigenvalue weighted by molar-refractivity contribution is 0.318. The molecule has 1 aliphatic carbocycles. The highest BCUT2D eigenvalue weighted by Crippen LogP contribution is 2.34. The monoisotopic (exact) mass is 219 g/mol. The second kappa shape index (κ2) is 5.90. The van der Waals surface area contributed by atoms with Gasteiger partial charge in [-0.15, -0.1) is 0 Å². The lowest BCUT2D eigenvalue weighted by Crippen LogP contribution is -2.15. The van der Waals surface area contributed by atoms with Gasteiger partial charge in [-0.05, 0) is 43.5 Å². The van der Waals surface area contributed by atoms with Crippen molar-refractivity contribution in [3.05, 3.63) is 29.8 Å². The van der Waals surface area contributed by atoms with Crippen LogP contribution in [-0.2, 0) is 0 Å². The Kier molecular flexibility index (Phi) is 4.23. The van der Waals surface area contributed by atoms with Crippen LogP contribution in [0.15, 0.2) is 24.3 Å². The van der Waals surface area contributed by atoms with Crippen molar-refractivity contribution in [2.24, 2.45) is 0 Å². The van der Waals surface area contributed by atoms with Gasteiger partial charge in [0.1, 0.15) is 12.4 Å². The van der Waals surface area contributed by atoms with E-state index in [0.717, 1.165) is 24.8 Å². The Morgan fingerprint density at radius 3 is 2.50 bits per heavy atom. The highest BCUT2D eigenvalue weighted by molar-refractivity contribution is 5.29. The maximum atomic E-state index is 5.60. The summed E-state index contributed by atoms with van der Waals surface area (Å²) in [6.07, 6.45) is 5.51. The third-order valence-corrected chi connectivity index (χ3v) is 3.33. The molecule has 0 amide bonds. The van der Waals surface area contributed by atoms with Gasteiger partial charge in [0.2, 0.25) is 0 Å². The van der Waals surface area contributed by atoms with Gasteiger partial charge in [0.05, 0.1) is 0 Å². The molecule has 1 saturated carbocycles. The van der Waals surface area contributed by atoms with Gasteiger partial charge >= 0.3 is 0 Å². The van der Waals surface area contributed by atoms with Crippen LogP contribution >= 0.6 is 0 Å². The van der Waals surface area contributed by atoms with Crippen LogP contribution in [0.5, 0.6) is 5.75 Å². The molecule has 1 fully saturated rings. The van der Waals surface area contributed by atoms with Crippen LogP contribution in [0.3, 0.4) is 0 Å². The van der Waals surface area contributed by atoms with Crippen LogP contribution in [0, 0.1) is 0 Å². The molecule has 0 aromatic heterocycles. The molecule has 2 nitrogen and oxygen atoms in total. The van der Waals surface area contributed by atoms with Gasteiger partial charge in [-0.1, -0.05) is 25.0 Å². The highest BCUT2D eigenvalue weighted by atomic mass is 16.5. The minimum Gasteiger partial charge on any atom is -0.492 e. The number of hydrogen-bond donors (Lipinski definition) is 1. The standard InChI is InChI=1S/C14H21NO/c1-15-10-11-16-14-8-6-13(7-9-14)12-4-2-3-5-12/h6-9,12,15H,2-5,10-11H2,1H3. The normalized spacial score (nSPS) is 16.6. The van der Waals surface area contributed by atoms with Crippen LogP contribution < -0.4 is 10.1 Å². The van der Waals surface area contributed by atoms with E-state index in [4.69, 9.17) is 4.74 Å². The summed E-state index contributed by atoms with van der Waals surface area (Å²) in [5.74, 6) is 1.78. The summed E-state index contributed by atoms with van der Waals surface area (Å²) in [5, 5.41) is 3.07. The molecule has 1 N–H and O–H groups in total. The first-order valence-electron chi connectivity index (χ1n) is 6.27. The first kappa shape index (κ1) is 11.5. The number of nitrogens with one attached hydrogen (secondary N) is 1. The Morgan fingerprint density at radius 2 is 1.88 bits per heavy atom. The van der Waals surface area contributed by atoms with Crippen molar-refractivity contribution in [2.45, 2.75) is 31.6 Å². The van der Waals surface area contributed by atoms with Crippen molar-refractivity contribution in [2.75, 3.05) is 20.2 Å². The quantitative estimate of drug-likeness (QED) is 0.769. The van der Waals surface area contributed by atoms with Crippen molar-refractivity contribution in [1.82, 2.24) is 5.32 Å². The zero-order valence-corrected chi connectivity index (χ0v) is 10.0. The Labute approximate surface area is 98.0 Å². The van der Waals surface area contributed by atoms with E-state index in [1.54, 1.807) is 0 Å². The van der Waals surface area contributed by atoms with Gasteiger partial charge in [0.15, 0.2) is 0 Å². The molecule has 0 saturated heterocycles. The second-order valence-corrected chi connectivity index (χ2v) is 4.50. The van der Waals surface area contributed by atoms with E-state index < -0.39 is 0 Å². The molecule has 1 aromatic carbocycles. The lowest BCUT2D eigenvalue weighted by atomic mass is 9.98. The van der Waals surface area contributed by atoms with Crippen molar-refractivity contribution in [3.63, 3.8) is 0 Å². The van der Waals surface area contributed by atoms with Crippen LogP contribution in [0.25, 0.3) is 0 Å². The van der Waals surface area contributed by atoms with E-state index in [-0.39, 0.29) is 0 Å². The molecule has 2 heteroatoms. The molecule has 1 aliphatic rings. The molecule has 0 spiro atoms. The predicted molar refractivity (Wildman–Crippen MR) is 67.1 cm³/mol. The molecule has 0 atom stereocenters. The van der Waals surface area contributed by atoms with E-state index in [9.17, 15) is 0 Å². The average Bonchev–Trinajstić information content (AvgIpc) is 2.84. The Bertz CT molecular complexity index is 301. The molecule has 88 valence electrons. The molecule has 2 rings (SSSR count). The van der Waals surface area contributed by atoms with Crippen molar-refractivity contribution < 1.29 is 4.74 Å². The maximum Gasteiger partial charge on any atom is 0.119 e. The Morgan fingerprint density at radius 1 is 1.19 bits per heavy atom. The number of ether oxygens (including phenoxy) is 1. The third kappa shape index (κ3) is 2.99. The van der Waals surface area contributed by atoms with E-state index >= 15 is 0 Å². The Hall–Kier alpha value is -1.02. The van der Waals surface area contributed by atoms with Crippen molar-refractivity contribution >= 4 is 0 Å². The minimum atomic E-state index is 0.735. The largest absolute Gasteiger partial charge is 0.492 e. The third-order valence-electron chi connectivity index (χ3n) is 3.33. The minimum absolute atomic E-state index is 0.735. The van der Waals surface area contributed by atoms with Crippen molar-refractivity contribution in [3.8, 4) is 5.75 Å². The van der Waals surface area contributed by atoms with Gasteiger partial charge < -0.3 is 10.1 Å². The molecule has 16 heavy (non-hydrogen) atoms. The summed E-state index contributed by atoms with van der Waals surface area (Å²) in [7, 11) is 1.94. The molecule has 1 aromatic rings. The van der Waals surface area contributed by atoms with E-state index in [2.05, 4.69) is 29.6 Å². The average molecular weight is 219 g/mol. The number of benzene rings is 1. The summed E-state index contributed by atoms with van der Waals surface area (Å²) < 4.78 is 5.60.